The first-order chi connectivity index (χ1) is 12.2. The summed E-state index contributed by atoms with van der Waals surface area (Å²) in [6, 6.07) is 13.1. The van der Waals surface area contributed by atoms with Crippen molar-refractivity contribution in [1.29, 1.82) is 0 Å². The van der Waals surface area contributed by atoms with Crippen LogP contribution in [0.15, 0.2) is 58.1 Å². The van der Waals surface area contributed by atoms with Gasteiger partial charge in [0.1, 0.15) is 0 Å². The maximum Gasteiger partial charge on any atom is 0.251 e. The average Bonchev–Trinajstić information content (AvgIpc) is 2.63. The summed E-state index contributed by atoms with van der Waals surface area (Å²) in [5, 5.41) is 9.25. The molecule has 1 heterocycles. The number of hydrogen-bond acceptors (Lipinski definition) is 3. The fourth-order valence-corrected chi connectivity index (χ4v) is 2.48. The number of guanidine groups is 1. The van der Waals surface area contributed by atoms with Crippen LogP contribution in [0.25, 0.3) is 0 Å². The van der Waals surface area contributed by atoms with Crippen LogP contribution in [0, 0.1) is 0 Å². The Morgan fingerprint density at radius 1 is 1.12 bits per heavy atom. The fraction of sp³-hybridized carbons (Fsp3) is 0.278. The first-order valence-electron chi connectivity index (χ1n) is 8.15. The van der Waals surface area contributed by atoms with Crippen LogP contribution in [-0.2, 0) is 6.54 Å². The molecular weight excluding hydrogens is 509 g/mol. The summed E-state index contributed by atoms with van der Waals surface area (Å²) >= 11 is 3.36. The second-order valence-electron chi connectivity index (χ2n) is 5.21. The molecule has 0 radical (unpaired) electrons. The van der Waals surface area contributed by atoms with Gasteiger partial charge < -0.3 is 16.0 Å². The molecule has 2 aromatic rings. The van der Waals surface area contributed by atoms with E-state index >= 15 is 0 Å². The van der Waals surface area contributed by atoms with E-state index in [2.05, 4.69) is 41.9 Å². The number of halogens is 2. The van der Waals surface area contributed by atoms with Gasteiger partial charge in [-0.25, -0.2) is 4.99 Å². The minimum Gasteiger partial charge on any atom is -0.357 e. The molecule has 2 rings (SSSR count). The lowest BCUT2D eigenvalue weighted by molar-refractivity contribution is 0.0954. The molecule has 26 heavy (non-hydrogen) atoms. The number of aromatic nitrogens is 1. The van der Waals surface area contributed by atoms with Crippen LogP contribution in [0.4, 0.5) is 0 Å². The topological polar surface area (TPSA) is 78.4 Å². The lowest BCUT2D eigenvalue weighted by Gasteiger charge is -2.12. The molecule has 0 saturated heterocycles. The van der Waals surface area contributed by atoms with Gasteiger partial charge in [0, 0.05) is 35.9 Å². The summed E-state index contributed by atoms with van der Waals surface area (Å²) < 4.78 is 0.884. The predicted molar refractivity (Wildman–Crippen MR) is 119 cm³/mol. The molecule has 0 bridgehead atoms. The standard InChI is InChI=1S/C18H22BrN5O.HI/c1-2-20-18(24-13-16-8-3-4-9-21-16)23-11-10-22-17(25)14-6-5-7-15(19)12-14;/h3-9,12H,2,10-11,13H2,1H3,(H,22,25)(H2,20,23,24);1H. The van der Waals surface area contributed by atoms with E-state index in [1.165, 1.54) is 0 Å². The Morgan fingerprint density at radius 2 is 1.92 bits per heavy atom. The number of nitrogens with zero attached hydrogens (tertiary/aromatic N) is 2. The Bertz CT molecular complexity index is 712. The summed E-state index contributed by atoms with van der Waals surface area (Å²) in [5.74, 6) is 0.600. The molecule has 1 aromatic heterocycles. The second kappa shape index (κ2) is 12.6. The van der Waals surface area contributed by atoms with Gasteiger partial charge in [0.2, 0.25) is 0 Å². The van der Waals surface area contributed by atoms with Gasteiger partial charge in [-0.2, -0.15) is 0 Å². The molecule has 0 aliphatic carbocycles. The summed E-state index contributed by atoms with van der Waals surface area (Å²) in [4.78, 5) is 20.8. The minimum atomic E-state index is -0.0986. The van der Waals surface area contributed by atoms with E-state index in [4.69, 9.17) is 0 Å². The zero-order chi connectivity index (χ0) is 17.9. The molecule has 0 saturated carbocycles. The minimum absolute atomic E-state index is 0. The molecule has 140 valence electrons. The third kappa shape index (κ3) is 8.13. The molecular formula is C18H23BrIN5O. The van der Waals surface area contributed by atoms with Gasteiger partial charge in [-0.05, 0) is 37.3 Å². The SMILES string of the molecule is CCNC(=NCc1ccccn1)NCCNC(=O)c1cccc(Br)c1.I. The number of hydrogen-bond donors (Lipinski definition) is 3. The Balaban J connectivity index is 0.00000338. The lowest BCUT2D eigenvalue weighted by Crippen LogP contribution is -2.41. The van der Waals surface area contributed by atoms with Crippen molar-refractivity contribution in [2.45, 2.75) is 13.5 Å². The summed E-state index contributed by atoms with van der Waals surface area (Å²) in [5.41, 5.74) is 1.53. The van der Waals surface area contributed by atoms with Crippen LogP contribution in [0.3, 0.4) is 0 Å². The summed E-state index contributed by atoms with van der Waals surface area (Å²) in [7, 11) is 0. The number of amides is 1. The largest absolute Gasteiger partial charge is 0.357 e. The number of benzene rings is 1. The first kappa shape index (κ1) is 22.4. The van der Waals surface area contributed by atoms with Crippen molar-refractivity contribution >= 4 is 51.8 Å². The van der Waals surface area contributed by atoms with Crippen LogP contribution in [0.2, 0.25) is 0 Å². The van der Waals surface area contributed by atoms with Crippen molar-refractivity contribution in [2.75, 3.05) is 19.6 Å². The van der Waals surface area contributed by atoms with E-state index in [-0.39, 0.29) is 29.9 Å². The van der Waals surface area contributed by atoms with Crippen LogP contribution in [-0.4, -0.2) is 36.5 Å². The molecule has 3 N–H and O–H groups in total. The average molecular weight is 532 g/mol. The van der Waals surface area contributed by atoms with Crippen molar-refractivity contribution in [3.05, 3.63) is 64.4 Å². The van der Waals surface area contributed by atoms with Crippen molar-refractivity contribution < 1.29 is 4.79 Å². The van der Waals surface area contributed by atoms with Crippen LogP contribution in [0.5, 0.6) is 0 Å². The molecule has 1 amide bonds. The van der Waals surface area contributed by atoms with E-state index in [9.17, 15) is 4.79 Å². The van der Waals surface area contributed by atoms with Crippen molar-refractivity contribution in [3.8, 4) is 0 Å². The molecule has 8 heteroatoms. The van der Waals surface area contributed by atoms with Crippen LogP contribution < -0.4 is 16.0 Å². The first-order valence-corrected chi connectivity index (χ1v) is 8.94. The van der Waals surface area contributed by atoms with E-state index in [0.717, 1.165) is 16.7 Å². The van der Waals surface area contributed by atoms with Crippen molar-refractivity contribution in [1.82, 2.24) is 20.9 Å². The summed E-state index contributed by atoms with van der Waals surface area (Å²) in [6.07, 6.45) is 1.75. The van der Waals surface area contributed by atoms with E-state index in [1.807, 2.05) is 37.3 Å². The van der Waals surface area contributed by atoms with Gasteiger partial charge in [-0.15, -0.1) is 24.0 Å². The third-order valence-corrected chi connectivity index (χ3v) is 3.75. The number of pyridine rings is 1. The van der Waals surface area contributed by atoms with Gasteiger partial charge in [0.15, 0.2) is 5.96 Å². The molecule has 0 unspecified atom stereocenters. The molecule has 0 spiro atoms. The fourth-order valence-electron chi connectivity index (χ4n) is 2.08. The predicted octanol–water partition coefficient (Wildman–Crippen LogP) is 2.95. The molecule has 0 aliphatic rings. The van der Waals surface area contributed by atoms with Gasteiger partial charge in [0.25, 0.3) is 5.91 Å². The number of aliphatic imine (C=N–C) groups is 1. The Kier molecular flexibility index (Phi) is 10.9. The number of carbonyl (C=O) groups is 1. The number of rotatable bonds is 7. The second-order valence-corrected chi connectivity index (χ2v) is 6.12. The highest BCUT2D eigenvalue weighted by molar-refractivity contribution is 14.0. The highest BCUT2D eigenvalue weighted by Crippen LogP contribution is 2.11. The quantitative estimate of drug-likeness (QED) is 0.222. The van der Waals surface area contributed by atoms with Gasteiger partial charge >= 0.3 is 0 Å². The molecule has 0 aliphatic heterocycles. The van der Waals surface area contributed by atoms with E-state index in [0.29, 0.717) is 31.2 Å². The van der Waals surface area contributed by atoms with Crippen molar-refractivity contribution in [3.63, 3.8) is 0 Å². The zero-order valence-corrected chi connectivity index (χ0v) is 18.5. The van der Waals surface area contributed by atoms with Crippen LogP contribution >= 0.6 is 39.9 Å². The zero-order valence-electron chi connectivity index (χ0n) is 14.5. The van der Waals surface area contributed by atoms with E-state index in [1.54, 1.807) is 18.3 Å². The highest BCUT2D eigenvalue weighted by atomic mass is 127. The maximum atomic E-state index is 12.1. The molecule has 0 fully saturated rings. The monoisotopic (exact) mass is 531 g/mol. The molecule has 1 aromatic carbocycles. The van der Waals surface area contributed by atoms with E-state index < -0.39 is 0 Å². The highest BCUT2D eigenvalue weighted by Gasteiger charge is 2.05. The molecule has 6 nitrogen and oxygen atoms in total. The van der Waals surface area contributed by atoms with Crippen molar-refractivity contribution in [2.24, 2.45) is 4.99 Å². The van der Waals surface area contributed by atoms with Gasteiger partial charge in [-0.3, -0.25) is 9.78 Å². The maximum absolute atomic E-state index is 12.1. The number of nitrogens with one attached hydrogen (secondary N) is 3. The third-order valence-electron chi connectivity index (χ3n) is 3.26. The normalized spacial score (nSPS) is 10.6. The Morgan fingerprint density at radius 3 is 2.62 bits per heavy atom. The smallest absolute Gasteiger partial charge is 0.251 e. The lowest BCUT2D eigenvalue weighted by atomic mass is 10.2. The van der Waals surface area contributed by atoms with Gasteiger partial charge in [-0.1, -0.05) is 28.1 Å². The molecule has 0 atom stereocenters. The van der Waals surface area contributed by atoms with Crippen LogP contribution in [0.1, 0.15) is 23.0 Å². The summed E-state index contributed by atoms with van der Waals surface area (Å²) in [6.45, 7) is 4.35. The Hall–Kier alpha value is -1.68. The van der Waals surface area contributed by atoms with Gasteiger partial charge in [0.05, 0.1) is 12.2 Å². The number of carbonyl (C=O) groups excluding carboxylic acids is 1. The Labute approximate surface area is 179 Å².